The van der Waals surface area contributed by atoms with E-state index in [1.165, 1.54) is 16.1 Å². The van der Waals surface area contributed by atoms with Crippen molar-refractivity contribution in [3.8, 4) is 0 Å². The highest BCUT2D eigenvalue weighted by Gasteiger charge is 2.35. The van der Waals surface area contributed by atoms with E-state index in [1.807, 2.05) is 17.5 Å². The van der Waals surface area contributed by atoms with E-state index < -0.39 is 0 Å². The topological polar surface area (TPSA) is 68.2 Å². The lowest BCUT2D eigenvalue weighted by Gasteiger charge is -2.07. The number of nitrogens with one attached hydrogen (secondary N) is 1. The third-order valence-corrected chi connectivity index (χ3v) is 5.45. The van der Waals surface area contributed by atoms with Crippen molar-refractivity contribution in [3.05, 3.63) is 22.8 Å². The molecule has 3 aromatic rings. The second kappa shape index (κ2) is 4.68. The van der Waals surface area contributed by atoms with Crippen LogP contribution < -0.4 is 11.1 Å². The number of imidazole rings is 1. The first-order valence-electron chi connectivity index (χ1n) is 7.40. The maximum absolute atomic E-state index is 5.59. The van der Waals surface area contributed by atoms with Crippen LogP contribution in [0.2, 0.25) is 0 Å². The smallest absolute Gasteiger partial charge is 0.181 e. The van der Waals surface area contributed by atoms with Gasteiger partial charge in [0, 0.05) is 29.9 Å². The number of rotatable bonds is 4. The van der Waals surface area contributed by atoms with Crippen molar-refractivity contribution in [1.29, 1.82) is 0 Å². The maximum atomic E-state index is 5.59. The summed E-state index contributed by atoms with van der Waals surface area (Å²) in [6, 6.07) is 2.25. The Labute approximate surface area is 127 Å². The van der Waals surface area contributed by atoms with Crippen LogP contribution in [-0.2, 0) is 0 Å². The summed E-state index contributed by atoms with van der Waals surface area (Å²) in [5.41, 5.74) is 8.69. The Morgan fingerprint density at radius 3 is 3.05 bits per heavy atom. The van der Waals surface area contributed by atoms with Gasteiger partial charge >= 0.3 is 0 Å². The Balaban J connectivity index is 1.93. The highest BCUT2D eigenvalue weighted by Crippen LogP contribution is 2.50. The number of fused-ring (bicyclic) bond motifs is 3. The summed E-state index contributed by atoms with van der Waals surface area (Å²) in [7, 11) is 0. The predicted octanol–water partition coefficient (Wildman–Crippen LogP) is 2.75. The molecule has 0 aliphatic heterocycles. The molecule has 2 atom stereocenters. The van der Waals surface area contributed by atoms with Crippen molar-refractivity contribution < 1.29 is 0 Å². The second-order valence-electron chi connectivity index (χ2n) is 5.89. The van der Waals surface area contributed by atoms with E-state index in [4.69, 9.17) is 10.7 Å². The zero-order chi connectivity index (χ0) is 14.6. The molecule has 6 heteroatoms. The molecule has 3 N–H and O–H groups in total. The fraction of sp³-hybridized carbons (Fsp3) is 0.467. The average Bonchev–Trinajstić information content (AvgIpc) is 2.88. The van der Waals surface area contributed by atoms with Crippen molar-refractivity contribution in [2.45, 2.75) is 26.2 Å². The third-order valence-electron chi connectivity index (χ3n) is 4.21. The molecule has 110 valence electrons. The Kier molecular flexibility index (Phi) is 2.90. The van der Waals surface area contributed by atoms with Crippen molar-refractivity contribution in [1.82, 2.24) is 14.4 Å². The highest BCUT2D eigenvalue weighted by molar-refractivity contribution is 7.18. The summed E-state index contributed by atoms with van der Waals surface area (Å²) in [5, 5.41) is 3.29. The highest BCUT2D eigenvalue weighted by atomic mass is 32.1. The van der Waals surface area contributed by atoms with Crippen LogP contribution in [0.15, 0.2) is 12.3 Å². The molecule has 0 amide bonds. The van der Waals surface area contributed by atoms with Gasteiger partial charge in [-0.1, -0.05) is 6.92 Å². The number of thiophene rings is 1. The fourth-order valence-corrected chi connectivity index (χ4v) is 4.28. The lowest BCUT2D eigenvalue weighted by molar-refractivity contribution is 0.926. The zero-order valence-corrected chi connectivity index (χ0v) is 13.1. The normalized spacial score (nSPS) is 21.3. The van der Waals surface area contributed by atoms with Crippen LogP contribution in [0.5, 0.6) is 0 Å². The number of aryl methyl sites for hydroxylation is 1. The van der Waals surface area contributed by atoms with Crippen LogP contribution in [0.4, 0.5) is 5.82 Å². The van der Waals surface area contributed by atoms with E-state index in [-0.39, 0.29) is 0 Å². The molecule has 0 saturated heterocycles. The van der Waals surface area contributed by atoms with Crippen LogP contribution in [0.25, 0.3) is 16.0 Å². The molecule has 2 unspecified atom stereocenters. The fourth-order valence-electron chi connectivity index (χ4n) is 2.87. The molecule has 1 fully saturated rings. The van der Waals surface area contributed by atoms with Crippen molar-refractivity contribution in [3.63, 3.8) is 0 Å². The van der Waals surface area contributed by atoms with E-state index in [9.17, 15) is 0 Å². The summed E-state index contributed by atoms with van der Waals surface area (Å²) in [6.07, 6.45) is 3.21. The van der Waals surface area contributed by atoms with Crippen LogP contribution >= 0.6 is 11.3 Å². The van der Waals surface area contributed by atoms with Gasteiger partial charge in [-0.3, -0.25) is 4.40 Å². The molecule has 0 bridgehead atoms. The van der Waals surface area contributed by atoms with Gasteiger partial charge in [-0.25, -0.2) is 9.97 Å². The van der Waals surface area contributed by atoms with Gasteiger partial charge in [-0.2, -0.15) is 0 Å². The van der Waals surface area contributed by atoms with Crippen LogP contribution in [0.3, 0.4) is 0 Å². The van der Waals surface area contributed by atoms with Crippen LogP contribution in [0, 0.1) is 12.8 Å². The van der Waals surface area contributed by atoms with Gasteiger partial charge in [0.15, 0.2) is 11.5 Å². The largest absolute Gasteiger partial charge is 0.366 e. The van der Waals surface area contributed by atoms with E-state index in [1.54, 1.807) is 0 Å². The van der Waals surface area contributed by atoms with Gasteiger partial charge < -0.3 is 11.1 Å². The minimum atomic E-state index is 0.583. The molecule has 21 heavy (non-hydrogen) atoms. The standard InChI is InChI=1S/C15H19N5S/c1-8-5-10(8)12-6-11-15(21-12)20-9(2)7-18-14(20)13(19-11)17-4-3-16/h6-8,10H,3-5,16H2,1-2H3,(H,17,19). The SMILES string of the molecule is Cc1cnc2c(NCCN)nc3cc(C4CC4C)sc3n12. The second-order valence-corrected chi connectivity index (χ2v) is 6.96. The maximum Gasteiger partial charge on any atom is 0.181 e. The predicted molar refractivity (Wildman–Crippen MR) is 87.2 cm³/mol. The van der Waals surface area contributed by atoms with Gasteiger partial charge in [0.1, 0.15) is 10.3 Å². The lowest BCUT2D eigenvalue weighted by atomic mass is 10.3. The summed E-state index contributed by atoms with van der Waals surface area (Å²) >= 11 is 1.86. The molecule has 0 aromatic carbocycles. The number of nitrogens with two attached hydrogens (primary N) is 1. The van der Waals surface area contributed by atoms with Crippen LogP contribution in [-0.4, -0.2) is 27.5 Å². The first-order chi connectivity index (χ1) is 10.2. The molecule has 0 radical (unpaired) electrons. The van der Waals surface area contributed by atoms with Gasteiger partial charge in [0.05, 0.1) is 0 Å². The van der Waals surface area contributed by atoms with E-state index in [0.29, 0.717) is 13.1 Å². The Hall–Kier alpha value is -1.66. The third kappa shape index (κ3) is 2.01. The molecular weight excluding hydrogens is 282 g/mol. The summed E-state index contributed by atoms with van der Waals surface area (Å²) in [5.74, 6) is 2.37. The van der Waals surface area contributed by atoms with Gasteiger partial charge in [0.2, 0.25) is 0 Å². The molecule has 5 nitrogen and oxygen atoms in total. The molecule has 3 aromatic heterocycles. The number of anilines is 1. The molecule has 3 heterocycles. The quantitative estimate of drug-likeness (QED) is 0.777. The molecule has 0 spiro atoms. The molecule has 1 aliphatic rings. The Morgan fingerprint density at radius 1 is 1.52 bits per heavy atom. The molecular formula is C15H19N5S. The molecule has 1 aliphatic carbocycles. The van der Waals surface area contributed by atoms with E-state index in [0.717, 1.165) is 34.5 Å². The summed E-state index contributed by atoms with van der Waals surface area (Å²) in [4.78, 5) is 11.9. The van der Waals surface area contributed by atoms with Crippen molar-refractivity contribution in [2.24, 2.45) is 11.7 Å². The first kappa shape index (κ1) is 13.0. The average molecular weight is 301 g/mol. The van der Waals surface area contributed by atoms with Crippen molar-refractivity contribution >= 4 is 33.1 Å². The zero-order valence-electron chi connectivity index (χ0n) is 12.3. The minimum Gasteiger partial charge on any atom is -0.366 e. The molecule has 4 rings (SSSR count). The monoisotopic (exact) mass is 301 g/mol. The first-order valence-corrected chi connectivity index (χ1v) is 8.22. The minimum absolute atomic E-state index is 0.583. The van der Waals surface area contributed by atoms with Gasteiger partial charge in [-0.05, 0) is 31.2 Å². The van der Waals surface area contributed by atoms with Crippen molar-refractivity contribution in [2.75, 3.05) is 18.4 Å². The van der Waals surface area contributed by atoms with E-state index in [2.05, 4.69) is 34.6 Å². The Bertz CT molecular complexity index is 818. The van der Waals surface area contributed by atoms with Gasteiger partial charge in [0.25, 0.3) is 0 Å². The number of nitrogens with zero attached hydrogens (tertiary/aromatic N) is 3. The van der Waals surface area contributed by atoms with Crippen LogP contribution in [0.1, 0.15) is 29.8 Å². The van der Waals surface area contributed by atoms with Gasteiger partial charge in [-0.15, -0.1) is 11.3 Å². The molecule has 1 saturated carbocycles. The number of hydrogen-bond acceptors (Lipinski definition) is 5. The summed E-state index contributed by atoms with van der Waals surface area (Å²) < 4.78 is 2.21. The number of hydrogen-bond donors (Lipinski definition) is 2. The lowest BCUT2D eigenvalue weighted by Crippen LogP contribution is -2.14. The Morgan fingerprint density at radius 2 is 2.33 bits per heavy atom. The van der Waals surface area contributed by atoms with E-state index >= 15 is 0 Å². The number of aromatic nitrogens is 3. The summed E-state index contributed by atoms with van der Waals surface area (Å²) in [6.45, 7) is 5.69.